The van der Waals surface area contributed by atoms with E-state index in [9.17, 15) is 4.79 Å². The zero-order chi connectivity index (χ0) is 17.5. The van der Waals surface area contributed by atoms with Crippen molar-refractivity contribution in [2.75, 3.05) is 31.0 Å². The minimum absolute atomic E-state index is 0.188. The Hall–Kier alpha value is -2.73. The maximum Gasteiger partial charge on any atom is 0.323 e. The summed E-state index contributed by atoms with van der Waals surface area (Å²) in [5.41, 5.74) is 1.38. The molecule has 3 rings (SSSR count). The molecule has 0 aliphatic carbocycles. The van der Waals surface area contributed by atoms with Crippen LogP contribution in [0.2, 0.25) is 0 Å². The first kappa shape index (κ1) is 17.1. The number of methoxy groups -OCH3 is 1. The Morgan fingerprint density at radius 1 is 1.04 bits per heavy atom. The molecule has 6 heteroatoms. The first-order valence-corrected chi connectivity index (χ1v) is 8.29. The van der Waals surface area contributed by atoms with Crippen LogP contribution in [-0.4, -0.2) is 32.5 Å². The third-order valence-corrected chi connectivity index (χ3v) is 3.92. The lowest BCUT2D eigenvalue weighted by molar-refractivity contribution is 0.0679. The van der Waals surface area contributed by atoms with Gasteiger partial charge in [-0.3, -0.25) is 0 Å². The maximum absolute atomic E-state index is 12.0. The Labute approximate surface area is 147 Å². The molecular formula is C19H22N2O4. The lowest BCUT2D eigenvalue weighted by atomic mass is 10.2. The average molecular weight is 342 g/mol. The zero-order valence-corrected chi connectivity index (χ0v) is 14.2. The van der Waals surface area contributed by atoms with Gasteiger partial charge in [0.2, 0.25) is 0 Å². The molecule has 1 aliphatic heterocycles. The molecular weight excluding hydrogens is 320 g/mol. The van der Waals surface area contributed by atoms with Crippen molar-refractivity contribution < 1.29 is 19.0 Å². The Morgan fingerprint density at radius 3 is 2.16 bits per heavy atom. The molecule has 0 spiro atoms. The number of hydrogen-bond acceptors (Lipinski definition) is 4. The lowest BCUT2D eigenvalue weighted by Crippen LogP contribution is -2.19. The van der Waals surface area contributed by atoms with Crippen LogP contribution < -0.4 is 20.1 Å². The highest BCUT2D eigenvalue weighted by molar-refractivity contribution is 5.99. The first-order valence-electron chi connectivity index (χ1n) is 8.29. The van der Waals surface area contributed by atoms with Crippen molar-refractivity contribution in [1.82, 2.24) is 0 Å². The van der Waals surface area contributed by atoms with Gasteiger partial charge in [-0.25, -0.2) is 4.79 Å². The van der Waals surface area contributed by atoms with Gasteiger partial charge in [-0.15, -0.1) is 0 Å². The summed E-state index contributed by atoms with van der Waals surface area (Å²) in [6.45, 7) is 1.38. The number of urea groups is 1. The Kier molecular flexibility index (Phi) is 5.74. The van der Waals surface area contributed by atoms with E-state index < -0.39 is 0 Å². The van der Waals surface area contributed by atoms with Crippen LogP contribution in [0.1, 0.15) is 12.8 Å². The summed E-state index contributed by atoms with van der Waals surface area (Å²) in [7, 11) is 1.60. The molecule has 2 N–H and O–H groups in total. The first-order chi connectivity index (χ1) is 12.2. The number of carbonyl (C=O) groups excluding carboxylic acids is 1. The molecule has 1 atom stereocenters. The van der Waals surface area contributed by atoms with Gasteiger partial charge in [0.15, 0.2) is 0 Å². The molecule has 0 aromatic heterocycles. The van der Waals surface area contributed by atoms with Gasteiger partial charge < -0.3 is 24.8 Å². The van der Waals surface area contributed by atoms with E-state index in [4.69, 9.17) is 14.2 Å². The Morgan fingerprint density at radius 2 is 1.64 bits per heavy atom. The standard InChI is InChI=1S/C19H22N2O4/c1-23-16-8-4-14(5-9-16)20-19(22)21-15-6-10-17(11-7-15)25-13-18-3-2-12-24-18/h4-11,18H,2-3,12-13H2,1H3,(H2,20,21,22). The number of amides is 2. The van der Waals surface area contributed by atoms with Gasteiger partial charge in [-0.1, -0.05) is 0 Å². The summed E-state index contributed by atoms with van der Waals surface area (Å²) < 4.78 is 16.3. The van der Waals surface area contributed by atoms with Crippen molar-refractivity contribution in [1.29, 1.82) is 0 Å². The third-order valence-electron chi connectivity index (χ3n) is 3.92. The largest absolute Gasteiger partial charge is 0.497 e. The van der Waals surface area contributed by atoms with Crippen molar-refractivity contribution in [3.05, 3.63) is 48.5 Å². The Bertz CT molecular complexity index is 680. The minimum atomic E-state index is -0.307. The summed E-state index contributed by atoms with van der Waals surface area (Å²) in [6.07, 6.45) is 2.33. The molecule has 2 aromatic carbocycles. The minimum Gasteiger partial charge on any atom is -0.497 e. The van der Waals surface area contributed by atoms with E-state index in [2.05, 4.69) is 10.6 Å². The fourth-order valence-electron chi connectivity index (χ4n) is 2.57. The zero-order valence-electron chi connectivity index (χ0n) is 14.2. The molecule has 1 unspecified atom stereocenters. The van der Waals surface area contributed by atoms with Crippen LogP contribution in [0, 0.1) is 0 Å². The highest BCUT2D eigenvalue weighted by Crippen LogP contribution is 2.19. The van der Waals surface area contributed by atoms with Crippen molar-refractivity contribution in [2.45, 2.75) is 18.9 Å². The molecule has 1 saturated heterocycles. The van der Waals surface area contributed by atoms with Crippen molar-refractivity contribution >= 4 is 17.4 Å². The highest BCUT2D eigenvalue weighted by Gasteiger charge is 2.15. The predicted octanol–water partition coefficient (Wildman–Crippen LogP) is 3.90. The SMILES string of the molecule is COc1ccc(NC(=O)Nc2ccc(OCC3CCCO3)cc2)cc1. The fourth-order valence-corrected chi connectivity index (χ4v) is 2.57. The maximum atomic E-state index is 12.0. The van der Waals surface area contributed by atoms with Gasteiger partial charge in [-0.05, 0) is 61.4 Å². The van der Waals surface area contributed by atoms with Crippen LogP contribution in [0.15, 0.2) is 48.5 Å². The summed E-state index contributed by atoms with van der Waals surface area (Å²) in [5, 5.41) is 5.55. The van der Waals surface area contributed by atoms with E-state index >= 15 is 0 Å². The summed E-state index contributed by atoms with van der Waals surface area (Å²) in [4.78, 5) is 12.0. The van der Waals surface area contributed by atoms with Crippen molar-refractivity contribution in [3.63, 3.8) is 0 Å². The van der Waals surface area contributed by atoms with Crippen LogP contribution in [0.5, 0.6) is 11.5 Å². The number of anilines is 2. The molecule has 1 heterocycles. The predicted molar refractivity (Wildman–Crippen MR) is 96.5 cm³/mol. The third kappa shape index (κ3) is 5.12. The van der Waals surface area contributed by atoms with Gasteiger partial charge in [0, 0.05) is 18.0 Å². The molecule has 2 amide bonds. The molecule has 2 aromatic rings. The molecule has 0 radical (unpaired) electrons. The van der Waals surface area contributed by atoms with E-state index in [1.165, 1.54) is 0 Å². The summed E-state index contributed by atoms with van der Waals surface area (Å²) in [6, 6.07) is 14.1. The van der Waals surface area contributed by atoms with E-state index in [0.717, 1.165) is 30.9 Å². The molecule has 25 heavy (non-hydrogen) atoms. The van der Waals surface area contributed by atoms with Crippen LogP contribution in [0.3, 0.4) is 0 Å². The number of nitrogens with one attached hydrogen (secondary N) is 2. The fraction of sp³-hybridized carbons (Fsp3) is 0.316. The molecule has 0 bridgehead atoms. The number of ether oxygens (including phenoxy) is 3. The van der Waals surface area contributed by atoms with Gasteiger partial charge in [-0.2, -0.15) is 0 Å². The molecule has 132 valence electrons. The van der Waals surface area contributed by atoms with Gasteiger partial charge >= 0.3 is 6.03 Å². The van der Waals surface area contributed by atoms with Gasteiger partial charge in [0.25, 0.3) is 0 Å². The second-order valence-electron chi connectivity index (χ2n) is 5.78. The normalized spacial score (nSPS) is 16.3. The van der Waals surface area contributed by atoms with Crippen LogP contribution >= 0.6 is 0 Å². The monoisotopic (exact) mass is 342 g/mol. The quantitative estimate of drug-likeness (QED) is 0.835. The number of carbonyl (C=O) groups is 1. The Balaban J connectivity index is 1.47. The molecule has 0 saturated carbocycles. The number of hydrogen-bond donors (Lipinski definition) is 2. The molecule has 6 nitrogen and oxygen atoms in total. The second-order valence-corrected chi connectivity index (χ2v) is 5.78. The summed E-state index contributed by atoms with van der Waals surface area (Å²) >= 11 is 0. The van der Waals surface area contributed by atoms with Gasteiger partial charge in [0.1, 0.15) is 18.1 Å². The molecule has 1 fully saturated rings. The van der Waals surface area contributed by atoms with Gasteiger partial charge in [0.05, 0.1) is 13.2 Å². The average Bonchev–Trinajstić information content (AvgIpc) is 3.15. The van der Waals surface area contributed by atoms with E-state index in [1.807, 2.05) is 12.1 Å². The van der Waals surface area contributed by atoms with E-state index in [1.54, 1.807) is 43.5 Å². The van der Waals surface area contributed by atoms with E-state index in [-0.39, 0.29) is 12.1 Å². The second kappa shape index (κ2) is 8.39. The smallest absolute Gasteiger partial charge is 0.323 e. The van der Waals surface area contributed by atoms with Crippen LogP contribution in [0.25, 0.3) is 0 Å². The highest BCUT2D eigenvalue weighted by atomic mass is 16.5. The number of benzene rings is 2. The van der Waals surface area contributed by atoms with Crippen LogP contribution in [0.4, 0.5) is 16.2 Å². The number of rotatable bonds is 6. The van der Waals surface area contributed by atoms with Crippen molar-refractivity contribution in [3.8, 4) is 11.5 Å². The molecule has 1 aliphatic rings. The topological polar surface area (TPSA) is 68.8 Å². The lowest BCUT2D eigenvalue weighted by Gasteiger charge is -2.12. The van der Waals surface area contributed by atoms with Crippen molar-refractivity contribution in [2.24, 2.45) is 0 Å². The summed E-state index contributed by atoms with van der Waals surface area (Å²) in [5.74, 6) is 1.50. The van der Waals surface area contributed by atoms with E-state index in [0.29, 0.717) is 18.0 Å². The van der Waals surface area contributed by atoms with Crippen LogP contribution in [-0.2, 0) is 4.74 Å².